The van der Waals surface area contributed by atoms with Crippen molar-refractivity contribution in [1.82, 2.24) is 5.32 Å². The van der Waals surface area contributed by atoms with E-state index in [1.54, 1.807) is 24.3 Å². The van der Waals surface area contributed by atoms with Gasteiger partial charge in [-0.15, -0.1) is 11.3 Å². The summed E-state index contributed by atoms with van der Waals surface area (Å²) in [5.41, 5.74) is 1.98. The van der Waals surface area contributed by atoms with Crippen LogP contribution < -0.4 is 5.32 Å². The molecule has 0 aliphatic heterocycles. The summed E-state index contributed by atoms with van der Waals surface area (Å²) in [6.45, 7) is 7.78. The molecule has 1 aromatic carbocycles. The third-order valence-electron chi connectivity index (χ3n) is 3.26. The number of carbonyl (C=O) groups is 1. The Morgan fingerprint density at radius 3 is 2.50 bits per heavy atom. The molecule has 2 rings (SSSR count). The van der Waals surface area contributed by atoms with E-state index < -0.39 is 5.82 Å². The van der Waals surface area contributed by atoms with Crippen LogP contribution in [-0.4, -0.2) is 5.91 Å². The minimum absolute atomic E-state index is 0.0899. The van der Waals surface area contributed by atoms with E-state index in [1.165, 1.54) is 21.9 Å². The molecule has 0 saturated carbocycles. The zero-order valence-electron chi connectivity index (χ0n) is 12.1. The molecule has 1 aromatic heterocycles. The van der Waals surface area contributed by atoms with Crippen molar-refractivity contribution < 1.29 is 9.18 Å². The van der Waals surface area contributed by atoms with Crippen LogP contribution in [0.4, 0.5) is 4.39 Å². The summed E-state index contributed by atoms with van der Waals surface area (Å²) < 4.78 is 13.8. The number of carbonyl (C=O) groups excluding carboxylic acids is 1. The number of halogens is 1. The maximum absolute atomic E-state index is 13.8. The van der Waals surface area contributed by atoms with Gasteiger partial charge in [-0.2, -0.15) is 0 Å². The summed E-state index contributed by atoms with van der Waals surface area (Å²) in [6.07, 6.45) is 0. The van der Waals surface area contributed by atoms with Crippen molar-refractivity contribution in [1.29, 1.82) is 0 Å². The predicted octanol–water partition coefficient (Wildman–Crippen LogP) is 4.30. The highest BCUT2D eigenvalue weighted by Crippen LogP contribution is 2.26. The molecule has 2 nitrogen and oxygen atoms in total. The number of hydrogen-bond donors (Lipinski definition) is 1. The lowest BCUT2D eigenvalue weighted by Crippen LogP contribution is -2.27. The first-order chi connectivity index (χ1) is 9.38. The minimum atomic E-state index is -0.479. The molecule has 2 aromatic rings. The molecule has 0 bridgehead atoms. The molecule has 4 heteroatoms. The van der Waals surface area contributed by atoms with Crippen molar-refractivity contribution in [3.63, 3.8) is 0 Å². The first-order valence-electron chi connectivity index (χ1n) is 6.52. The summed E-state index contributed by atoms with van der Waals surface area (Å²) in [5, 5.41) is 2.85. The van der Waals surface area contributed by atoms with Gasteiger partial charge in [0.1, 0.15) is 5.82 Å². The van der Waals surface area contributed by atoms with E-state index in [1.807, 2.05) is 20.8 Å². The summed E-state index contributed by atoms with van der Waals surface area (Å²) in [4.78, 5) is 14.5. The van der Waals surface area contributed by atoms with E-state index in [4.69, 9.17) is 0 Å². The second kappa shape index (κ2) is 5.75. The van der Waals surface area contributed by atoms with Crippen molar-refractivity contribution in [3.05, 3.63) is 56.5 Å². The first kappa shape index (κ1) is 14.7. The van der Waals surface area contributed by atoms with E-state index in [2.05, 4.69) is 11.4 Å². The Bertz CT molecular complexity index is 648. The van der Waals surface area contributed by atoms with Gasteiger partial charge >= 0.3 is 0 Å². The Kier molecular flexibility index (Phi) is 4.23. The van der Waals surface area contributed by atoms with E-state index in [0.717, 1.165) is 11.1 Å². The fourth-order valence-electron chi connectivity index (χ4n) is 2.24. The van der Waals surface area contributed by atoms with Crippen LogP contribution in [0.1, 0.15) is 44.2 Å². The lowest BCUT2D eigenvalue weighted by atomic mass is 10.1. The molecule has 1 N–H and O–H groups in total. The number of thiophene rings is 1. The van der Waals surface area contributed by atoms with E-state index in [-0.39, 0.29) is 17.5 Å². The van der Waals surface area contributed by atoms with Crippen molar-refractivity contribution in [2.45, 2.75) is 33.7 Å². The zero-order chi connectivity index (χ0) is 14.9. The molecule has 0 spiro atoms. The van der Waals surface area contributed by atoms with Gasteiger partial charge in [-0.3, -0.25) is 4.79 Å². The highest BCUT2D eigenvalue weighted by Gasteiger charge is 2.17. The molecular formula is C16H18FNOS. The summed E-state index contributed by atoms with van der Waals surface area (Å²) in [7, 11) is 0. The van der Waals surface area contributed by atoms with Crippen molar-refractivity contribution in [3.8, 4) is 0 Å². The Hall–Kier alpha value is -1.68. The van der Waals surface area contributed by atoms with Crippen molar-refractivity contribution in [2.24, 2.45) is 0 Å². The predicted molar refractivity (Wildman–Crippen MR) is 80.8 cm³/mol. The molecule has 0 radical (unpaired) electrons. The number of aryl methyl sites for hydroxylation is 3. The highest BCUT2D eigenvalue weighted by molar-refractivity contribution is 7.12. The number of nitrogens with one attached hydrogen (secondary N) is 1. The fourth-order valence-corrected chi connectivity index (χ4v) is 3.26. The Morgan fingerprint density at radius 1 is 1.25 bits per heavy atom. The molecule has 1 amide bonds. The largest absolute Gasteiger partial charge is 0.345 e. The molecule has 106 valence electrons. The summed E-state index contributed by atoms with van der Waals surface area (Å²) >= 11 is 1.70. The van der Waals surface area contributed by atoms with Gasteiger partial charge in [0.2, 0.25) is 0 Å². The van der Waals surface area contributed by atoms with Gasteiger partial charge in [-0.05, 0) is 57.0 Å². The van der Waals surface area contributed by atoms with Crippen LogP contribution >= 0.6 is 11.3 Å². The average Bonchev–Trinajstić information content (AvgIpc) is 2.68. The molecule has 0 saturated heterocycles. The molecule has 0 aliphatic rings. The van der Waals surface area contributed by atoms with Crippen LogP contribution in [0.3, 0.4) is 0 Å². The summed E-state index contributed by atoms with van der Waals surface area (Å²) in [5.74, 6) is -0.855. The second-order valence-corrected chi connectivity index (χ2v) is 6.51. The van der Waals surface area contributed by atoms with Crippen LogP contribution in [0.25, 0.3) is 0 Å². The van der Waals surface area contributed by atoms with Crippen LogP contribution in [0, 0.1) is 26.6 Å². The number of benzene rings is 1. The van der Waals surface area contributed by atoms with Gasteiger partial charge in [0.05, 0.1) is 11.6 Å². The monoisotopic (exact) mass is 291 g/mol. The average molecular weight is 291 g/mol. The van der Waals surface area contributed by atoms with Gasteiger partial charge in [0.15, 0.2) is 0 Å². The van der Waals surface area contributed by atoms with Gasteiger partial charge < -0.3 is 5.32 Å². The number of amides is 1. The minimum Gasteiger partial charge on any atom is -0.345 e. The zero-order valence-corrected chi connectivity index (χ0v) is 12.9. The molecule has 0 fully saturated rings. The first-order valence-corrected chi connectivity index (χ1v) is 7.34. The molecule has 1 heterocycles. The van der Waals surface area contributed by atoms with Crippen LogP contribution in [0.15, 0.2) is 24.3 Å². The third-order valence-corrected chi connectivity index (χ3v) is 4.24. The molecule has 0 aliphatic carbocycles. The van der Waals surface area contributed by atoms with Crippen LogP contribution in [0.2, 0.25) is 0 Å². The summed E-state index contributed by atoms with van der Waals surface area (Å²) in [6, 6.07) is 6.57. The number of hydrogen-bond acceptors (Lipinski definition) is 2. The van der Waals surface area contributed by atoms with Crippen molar-refractivity contribution >= 4 is 17.2 Å². The quantitative estimate of drug-likeness (QED) is 0.897. The van der Waals surface area contributed by atoms with Crippen LogP contribution in [0.5, 0.6) is 0 Å². The van der Waals surface area contributed by atoms with Gasteiger partial charge in [0, 0.05) is 9.75 Å². The van der Waals surface area contributed by atoms with Gasteiger partial charge in [0.25, 0.3) is 5.91 Å². The Morgan fingerprint density at radius 2 is 1.95 bits per heavy atom. The standard InChI is InChI=1S/C16H18FNOS/c1-9-5-6-13(15(17)7-9)16(19)18-11(3)14-8-10(2)20-12(14)4/h5-8,11H,1-4H3,(H,18,19). The maximum Gasteiger partial charge on any atom is 0.254 e. The van der Waals surface area contributed by atoms with Gasteiger partial charge in [-0.25, -0.2) is 4.39 Å². The topological polar surface area (TPSA) is 29.1 Å². The lowest BCUT2D eigenvalue weighted by molar-refractivity contribution is 0.0936. The lowest BCUT2D eigenvalue weighted by Gasteiger charge is -2.14. The normalized spacial score (nSPS) is 12.2. The van der Waals surface area contributed by atoms with Crippen molar-refractivity contribution in [2.75, 3.05) is 0 Å². The third kappa shape index (κ3) is 3.07. The maximum atomic E-state index is 13.8. The molecule has 20 heavy (non-hydrogen) atoms. The van der Waals surface area contributed by atoms with E-state index >= 15 is 0 Å². The fraction of sp³-hybridized carbons (Fsp3) is 0.312. The van der Waals surface area contributed by atoms with Gasteiger partial charge in [-0.1, -0.05) is 6.07 Å². The highest BCUT2D eigenvalue weighted by atomic mass is 32.1. The van der Waals surface area contributed by atoms with E-state index in [0.29, 0.717) is 0 Å². The Labute approximate surface area is 122 Å². The van der Waals surface area contributed by atoms with Crippen LogP contribution in [-0.2, 0) is 0 Å². The second-order valence-electron chi connectivity index (χ2n) is 5.05. The molecule has 1 unspecified atom stereocenters. The Balaban J connectivity index is 2.17. The molecular weight excluding hydrogens is 273 g/mol. The molecule has 1 atom stereocenters. The van der Waals surface area contributed by atoms with E-state index in [9.17, 15) is 9.18 Å². The number of rotatable bonds is 3. The smallest absolute Gasteiger partial charge is 0.254 e. The SMILES string of the molecule is Cc1ccc(C(=O)NC(C)c2cc(C)sc2C)c(F)c1.